The summed E-state index contributed by atoms with van der Waals surface area (Å²) in [4.78, 5) is 11.7. The Balaban J connectivity index is 2.17. The Hall–Kier alpha value is -1.17. The summed E-state index contributed by atoms with van der Waals surface area (Å²) in [5.41, 5.74) is 7.77. The molecular weight excluding hydrogens is 362 g/mol. The number of halogens is 2. The second kappa shape index (κ2) is 6.52. The van der Waals surface area contributed by atoms with Crippen molar-refractivity contribution in [2.75, 3.05) is 5.73 Å². The number of thioether (sulfide) groups is 1. The fourth-order valence-electron chi connectivity index (χ4n) is 1.63. The van der Waals surface area contributed by atoms with Gasteiger partial charge in [0.05, 0.1) is 10.6 Å². The molecule has 0 heterocycles. The van der Waals surface area contributed by atoms with Gasteiger partial charge in [-0.25, -0.2) is 4.79 Å². The zero-order valence-electron chi connectivity index (χ0n) is 10.3. The lowest BCUT2D eigenvalue weighted by atomic mass is 10.1. The van der Waals surface area contributed by atoms with Gasteiger partial charge >= 0.3 is 5.97 Å². The monoisotopic (exact) mass is 371 g/mol. The molecule has 0 aliphatic rings. The molecule has 0 aromatic heterocycles. The van der Waals surface area contributed by atoms with Crippen LogP contribution in [0.15, 0.2) is 45.8 Å². The Morgan fingerprint density at radius 2 is 2.10 bits per heavy atom. The van der Waals surface area contributed by atoms with Crippen LogP contribution in [0.2, 0.25) is 5.02 Å². The molecule has 0 saturated carbocycles. The van der Waals surface area contributed by atoms with Crippen molar-refractivity contribution in [3.8, 4) is 0 Å². The van der Waals surface area contributed by atoms with Crippen LogP contribution in [-0.4, -0.2) is 11.1 Å². The first-order chi connectivity index (χ1) is 9.49. The van der Waals surface area contributed by atoms with Crippen molar-refractivity contribution in [1.29, 1.82) is 0 Å². The fourth-order valence-corrected chi connectivity index (χ4v) is 3.67. The van der Waals surface area contributed by atoms with Crippen LogP contribution < -0.4 is 5.73 Å². The summed E-state index contributed by atoms with van der Waals surface area (Å²) in [5, 5.41) is 9.54. The average Bonchev–Trinajstić information content (AvgIpc) is 2.39. The van der Waals surface area contributed by atoms with Crippen molar-refractivity contribution in [3.05, 3.63) is 57.0 Å². The van der Waals surface area contributed by atoms with Gasteiger partial charge in [0, 0.05) is 20.8 Å². The van der Waals surface area contributed by atoms with Crippen molar-refractivity contribution >= 4 is 50.9 Å². The number of carboxylic acid groups (broad SMARTS) is 1. The largest absolute Gasteiger partial charge is 0.478 e. The Bertz CT molecular complexity index is 643. The lowest BCUT2D eigenvalue weighted by Crippen LogP contribution is -1.97. The molecule has 0 unspecified atom stereocenters. The van der Waals surface area contributed by atoms with Crippen LogP contribution in [0.4, 0.5) is 5.69 Å². The quantitative estimate of drug-likeness (QED) is 0.604. The van der Waals surface area contributed by atoms with Gasteiger partial charge in [0.25, 0.3) is 0 Å². The van der Waals surface area contributed by atoms with Gasteiger partial charge in [-0.2, -0.15) is 0 Å². The first-order valence-corrected chi connectivity index (χ1v) is 7.83. The first kappa shape index (κ1) is 15.2. The summed E-state index contributed by atoms with van der Waals surface area (Å²) in [6, 6.07) is 10.4. The van der Waals surface area contributed by atoms with E-state index in [0.29, 0.717) is 16.5 Å². The van der Waals surface area contributed by atoms with Crippen LogP contribution in [0.3, 0.4) is 0 Å². The SMILES string of the molecule is Nc1cccc(Cl)c1SCc1ccc(C(=O)O)cc1Br. The summed E-state index contributed by atoms with van der Waals surface area (Å²) < 4.78 is 0.760. The molecule has 0 atom stereocenters. The predicted molar refractivity (Wildman–Crippen MR) is 86.5 cm³/mol. The molecule has 0 radical (unpaired) electrons. The number of hydrogen-bond acceptors (Lipinski definition) is 3. The summed E-state index contributed by atoms with van der Waals surface area (Å²) in [6.45, 7) is 0. The summed E-state index contributed by atoms with van der Waals surface area (Å²) >= 11 is 11.0. The third kappa shape index (κ3) is 3.48. The number of nitrogens with two attached hydrogens (primary N) is 1. The molecular formula is C14H11BrClNO2S. The number of aromatic carboxylic acids is 1. The van der Waals surface area contributed by atoms with E-state index in [1.165, 1.54) is 11.8 Å². The third-order valence-electron chi connectivity index (χ3n) is 2.67. The Kier molecular flexibility index (Phi) is 4.96. The molecule has 104 valence electrons. The zero-order chi connectivity index (χ0) is 14.7. The molecule has 0 saturated heterocycles. The highest BCUT2D eigenvalue weighted by atomic mass is 79.9. The number of rotatable bonds is 4. The van der Waals surface area contributed by atoms with Crippen LogP contribution in [0.1, 0.15) is 15.9 Å². The van der Waals surface area contributed by atoms with E-state index in [2.05, 4.69) is 15.9 Å². The van der Waals surface area contributed by atoms with Gasteiger partial charge < -0.3 is 10.8 Å². The number of carbonyl (C=O) groups is 1. The maximum atomic E-state index is 10.9. The van der Waals surface area contributed by atoms with E-state index < -0.39 is 5.97 Å². The van der Waals surface area contributed by atoms with E-state index in [4.69, 9.17) is 22.4 Å². The summed E-state index contributed by atoms with van der Waals surface area (Å²) in [6.07, 6.45) is 0. The van der Waals surface area contributed by atoms with Crippen LogP contribution in [-0.2, 0) is 5.75 Å². The van der Waals surface area contributed by atoms with Gasteiger partial charge in [0.2, 0.25) is 0 Å². The molecule has 0 spiro atoms. The summed E-state index contributed by atoms with van der Waals surface area (Å²) in [7, 11) is 0. The maximum absolute atomic E-state index is 10.9. The lowest BCUT2D eigenvalue weighted by molar-refractivity contribution is 0.0697. The number of nitrogen functional groups attached to an aromatic ring is 1. The number of carboxylic acids is 1. The van der Waals surface area contributed by atoms with Gasteiger partial charge in [-0.1, -0.05) is 39.7 Å². The van der Waals surface area contributed by atoms with E-state index in [1.54, 1.807) is 36.4 Å². The van der Waals surface area contributed by atoms with E-state index in [1.807, 2.05) is 0 Å². The van der Waals surface area contributed by atoms with Crippen LogP contribution in [0, 0.1) is 0 Å². The maximum Gasteiger partial charge on any atom is 0.335 e. The second-order valence-corrected chi connectivity index (χ2v) is 6.31. The van der Waals surface area contributed by atoms with E-state index in [0.717, 1.165) is 14.9 Å². The molecule has 2 rings (SSSR count). The predicted octanol–water partition coefficient (Wildman–Crippen LogP) is 4.68. The van der Waals surface area contributed by atoms with Crippen molar-refractivity contribution in [2.45, 2.75) is 10.6 Å². The number of anilines is 1. The van der Waals surface area contributed by atoms with Crippen molar-refractivity contribution in [3.63, 3.8) is 0 Å². The molecule has 3 N–H and O–H groups in total. The second-order valence-electron chi connectivity index (χ2n) is 4.06. The van der Waals surface area contributed by atoms with Crippen LogP contribution in [0.5, 0.6) is 0 Å². The van der Waals surface area contributed by atoms with E-state index >= 15 is 0 Å². The van der Waals surface area contributed by atoms with Gasteiger partial charge in [0.15, 0.2) is 0 Å². The lowest BCUT2D eigenvalue weighted by Gasteiger charge is -2.09. The van der Waals surface area contributed by atoms with Gasteiger partial charge in [0.1, 0.15) is 0 Å². The van der Waals surface area contributed by atoms with Crippen LogP contribution in [0.25, 0.3) is 0 Å². The first-order valence-electron chi connectivity index (χ1n) is 5.67. The van der Waals surface area contributed by atoms with E-state index in [9.17, 15) is 4.79 Å². The molecule has 0 amide bonds. The molecule has 0 aliphatic heterocycles. The minimum absolute atomic E-state index is 0.253. The minimum Gasteiger partial charge on any atom is -0.478 e. The molecule has 6 heteroatoms. The molecule has 0 bridgehead atoms. The van der Waals surface area contributed by atoms with Crippen molar-refractivity contribution < 1.29 is 9.90 Å². The third-order valence-corrected chi connectivity index (χ3v) is 5.03. The van der Waals surface area contributed by atoms with Crippen molar-refractivity contribution in [1.82, 2.24) is 0 Å². The summed E-state index contributed by atoms with van der Waals surface area (Å²) in [5.74, 6) is -0.297. The highest BCUT2D eigenvalue weighted by molar-refractivity contribution is 9.10. The van der Waals surface area contributed by atoms with Crippen LogP contribution >= 0.6 is 39.3 Å². The Morgan fingerprint density at radius 1 is 1.35 bits per heavy atom. The van der Waals surface area contributed by atoms with Crippen molar-refractivity contribution in [2.24, 2.45) is 0 Å². The fraction of sp³-hybridized carbons (Fsp3) is 0.0714. The normalized spacial score (nSPS) is 10.5. The highest BCUT2D eigenvalue weighted by Gasteiger charge is 2.09. The van der Waals surface area contributed by atoms with Gasteiger partial charge in [-0.15, -0.1) is 11.8 Å². The molecule has 0 aliphatic carbocycles. The molecule has 2 aromatic rings. The molecule has 3 nitrogen and oxygen atoms in total. The molecule has 0 fully saturated rings. The number of hydrogen-bond donors (Lipinski definition) is 2. The minimum atomic E-state index is -0.944. The zero-order valence-corrected chi connectivity index (χ0v) is 13.4. The average molecular weight is 373 g/mol. The standard InChI is InChI=1S/C14H11BrClNO2S/c15-10-6-8(14(18)19)4-5-9(10)7-20-13-11(16)2-1-3-12(13)17/h1-6H,7,17H2,(H,18,19). The highest BCUT2D eigenvalue weighted by Crippen LogP contribution is 2.35. The van der Waals surface area contributed by atoms with E-state index in [-0.39, 0.29) is 5.56 Å². The Morgan fingerprint density at radius 3 is 2.70 bits per heavy atom. The topological polar surface area (TPSA) is 63.3 Å². The molecule has 2 aromatic carbocycles. The Labute approximate surface area is 134 Å². The molecule has 20 heavy (non-hydrogen) atoms. The van der Waals surface area contributed by atoms with Gasteiger partial charge in [-0.05, 0) is 29.8 Å². The number of benzene rings is 2. The van der Waals surface area contributed by atoms with Gasteiger partial charge in [-0.3, -0.25) is 0 Å². The smallest absolute Gasteiger partial charge is 0.335 e.